The Bertz CT molecular complexity index is 1330. The fourth-order valence-corrected chi connectivity index (χ4v) is 8.53. The van der Waals surface area contributed by atoms with Gasteiger partial charge in [-0.05, 0) is 85.9 Å². The SMILES string of the molecule is Cc1ccccc1S(=O)(=O)N1CCCCN2[C@H](CO)[C@@H](C3(C)C=CC(c4cccc(C)c4C)=CC3)[C@@H]2C1. The summed E-state index contributed by atoms with van der Waals surface area (Å²) in [6.07, 6.45) is 9.55. The maximum atomic E-state index is 13.8. The quantitative estimate of drug-likeness (QED) is 0.595. The van der Waals surface area contributed by atoms with Crippen molar-refractivity contribution in [2.75, 3.05) is 26.2 Å². The molecule has 2 saturated heterocycles. The minimum atomic E-state index is -3.59. The van der Waals surface area contributed by atoms with E-state index in [0.29, 0.717) is 18.0 Å². The van der Waals surface area contributed by atoms with Crippen molar-refractivity contribution < 1.29 is 13.5 Å². The van der Waals surface area contributed by atoms with Crippen LogP contribution in [0.2, 0.25) is 0 Å². The highest BCUT2D eigenvalue weighted by Gasteiger charge is 2.56. The van der Waals surface area contributed by atoms with Gasteiger partial charge >= 0.3 is 0 Å². The van der Waals surface area contributed by atoms with Crippen LogP contribution in [0.4, 0.5) is 0 Å². The molecule has 2 heterocycles. The Morgan fingerprint density at radius 1 is 1.00 bits per heavy atom. The highest BCUT2D eigenvalue weighted by Crippen LogP contribution is 2.51. The molecule has 5 rings (SSSR count). The van der Waals surface area contributed by atoms with Crippen molar-refractivity contribution in [3.8, 4) is 0 Å². The maximum absolute atomic E-state index is 13.8. The first-order chi connectivity index (χ1) is 17.7. The molecule has 2 aliphatic heterocycles. The molecule has 198 valence electrons. The van der Waals surface area contributed by atoms with Crippen LogP contribution in [0.15, 0.2) is 65.6 Å². The van der Waals surface area contributed by atoms with E-state index in [-0.39, 0.29) is 30.0 Å². The van der Waals surface area contributed by atoms with Crippen LogP contribution in [0, 0.1) is 32.1 Å². The van der Waals surface area contributed by atoms with Gasteiger partial charge in [-0.15, -0.1) is 0 Å². The van der Waals surface area contributed by atoms with E-state index < -0.39 is 10.0 Å². The van der Waals surface area contributed by atoms with E-state index in [1.54, 1.807) is 16.4 Å². The molecule has 0 spiro atoms. The lowest BCUT2D eigenvalue weighted by molar-refractivity contribution is -0.129. The number of hydrogen-bond donors (Lipinski definition) is 1. The summed E-state index contributed by atoms with van der Waals surface area (Å²) in [5, 5.41) is 10.4. The average Bonchev–Trinajstić information content (AvgIpc) is 2.85. The Labute approximate surface area is 222 Å². The van der Waals surface area contributed by atoms with Crippen LogP contribution < -0.4 is 0 Å². The molecule has 1 N–H and O–H groups in total. The molecule has 2 fully saturated rings. The number of rotatable bonds is 5. The average molecular weight is 521 g/mol. The first-order valence-electron chi connectivity index (χ1n) is 13.6. The predicted octanol–water partition coefficient (Wildman–Crippen LogP) is 5.11. The minimum Gasteiger partial charge on any atom is -0.395 e. The van der Waals surface area contributed by atoms with Gasteiger partial charge in [-0.25, -0.2) is 8.42 Å². The number of allylic oxidation sites excluding steroid dienone is 4. The highest BCUT2D eigenvalue weighted by molar-refractivity contribution is 7.89. The summed E-state index contributed by atoms with van der Waals surface area (Å²) in [5.74, 6) is 0.179. The van der Waals surface area contributed by atoms with Gasteiger partial charge in [-0.1, -0.05) is 61.5 Å². The van der Waals surface area contributed by atoms with Crippen molar-refractivity contribution >= 4 is 15.6 Å². The molecule has 0 bridgehead atoms. The van der Waals surface area contributed by atoms with Crippen LogP contribution in [0.3, 0.4) is 0 Å². The largest absolute Gasteiger partial charge is 0.395 e. The summed E-state index contributed by atoms with van der Waals surface area (Å²) in [4.78, 5) is 2.77. The van der Waals surface area contributed by atoms with E-state index >= 15 is 0 Å². The molecule has 37 heavy (non-hydrogen) atoms. The Kier molecular flexibility index (Phi) is 7.22. The Morgan fingerprint density at radius 2 is 1.73 bits per heavy atom. The van der Waals surface area contributed by atoms with E-state index in [9.17, 15) is 13.5 Å². The molecular formula is C31H40N2O3S. The number of aryl methyl sites for hydroxylation is 2. The molecule has 6 heteroatoms. The molecule has 0 aromatic heterocycles. The summed E-state index contributed by atoms with van der Waals surface area (Å²) in [5.41, 5.74) is 5.76. The molecule has 0 amide bonds. The molecule has 4 atom stereocenters. The van der Waals surface area contributed by atoms with Gasteiger partial charge in [0.05, 0.1) is 11.5 Å². The summed E-state index contributed by atoms with van der Waals surface area (Å²) >= 11 is 0. The van der Waals surface area contributed by atoms with Crippen molar-refractivity contribution in [1.82, 2.24) is 9.21 Å². The molecule has 5 nitrogen and oxygen atoms in total. The molecular weight excluding hydrogens is 480 g/mol. The maximum Gasteiger partial charge on any atom is 0.243 e. The van der Waals surface area contributed by atoms with Gasteiger partial charge in [-0.2, -0.15) is 4.31 Å². The Morgan fingerprint density at radius 3 is 2.43 bits per heavy atom. The second-order valence-electron chi connectivity index (χ2n) is 11.4. The monoisotopic (exact) mass is 520 g/mol. The number of fused-ring (bicyclic) bond motifs is 1. The van der Waals surface area contributed by atoms with Crippen molar-refractivity contribution in [2.45, 2.75) is 63.9 Å². The molecule has 2 aromatic carbocycles. The van der Waals surface area contributed by atoms with E-state index in [1.807, 2.05) is 19.1 Å². The van der Waals surface area contributed by atoms with Gasteiger partial charge in [0, 0.05) is 31.1 Å². The Hall–Kier alpha value is -2.25. The number of hydrogen-bond acceptors (Lipinski definition) is 4. The molecule has 1 unspecified atom stereocenters. The fraction of sp³-hybridized carbons (Fsp3) is 0.484. The standard InChI is InChI=1S/C31H40N2O3S/c1-22-11-9-12-26(24(22)3)25-14-16-31(4,17-15-25)30-27-20-32(18-7-8-19-33(27)28(30)21-34)37(35,36)29-13-6-5-10-23(29)2/h5-6,9-16,27-28,30,34H,7-8,17-21H2,1-4H3/t27-,28+,30-,31?/m0/s1. The zero-order valence-corrected chi connectivity index (χ0v) is 23.3. The number of aliphatic hydroxyl groups is 1. The zero-order chi connectivity index (χ0) is 26.4. The van der Waals surface area contributed by atoms with Gasteiger partial charge in [0.25, 0.3) is 0 Å². The van der Waals surface area contributed by atoms with Crippen molar-refractivity contribution in [3.63, 3.8) is 0 Å². The molecule has 1 aliphatic carbocycles. The van der Waals surface area contributed by atoms with Crippen LogP contribution in [-0.2, 0) is 10.0 Å². The van der Waals surface area contributed by atoms with Crippen LogP contribution in [0.1, 0.15) is 48.4 Å². The summed E-state index contributed by atoms with van der Waals surface area (Å²) in [6.45, 7) is 10.5. The fourth-order valence-electron chi connectivity index (χ4n) is 6.80. The van der Waals surface area contributed by atoms with Crippen LogP contribution in [0.5, 0.6) is 0 Å². The summed E-state index contributed by atoms with van der Waals surface area (Å²) < 4.78 is 29.2. The topological polar surface area (TPSA) is 60.9 Å². The molecule has 0 radical (unpaired) electrons. The third kappa shape index (κ3) is 4.63. The van der Waals surface area contributed by atoms with E-state index in [4.69, 9.17) is 0 Å². The number of aliphatic hydroxyl groups excluding tert-OH is 1. The minimum absolute atomic E-state index is 0.0522. The second-order valence-corrected chi connectivity index (χ2v) is 13.3. The van der Waals surface area contributed by atoms with Gasteiger partial charge in [0.15, 0.2) is 0 Å². The molecule has 2 aromatic rings. The van der Waals surface area contributed by atoms with Crippen molar-refractivity contribution in [2.24, 2.45) is 11.3 Å². The summed E-state index contributed by atoms with van der Waals surface area (Å²) in [7, 11) is -3.59. The lowest BCUT2D eigenvalue weighted by Crippen LogP contribution is -2.72. The van der Waals surface area contributed by atoms with E-state index in [2.05, 4.69) is 62.1 Å². The van der Waals surface area contributed by atoms with Crippen LogP contribution in [0.25, 0.3) is 5.57 Å². The third-order valence-corrected chi connectivity index (χ3v) is 11.2. The van der Waals surface area contributed by atoms with Gasteiger partial charge in [0.2, 0.25) is 10.0 Å². The van der Waals surface area contributed by atoms with E-state index in [1.165, 1.54) is 22.3 Å². The lowest BCUT2D eigenvalue weighted by Gasteiger charge is -2.62. The van der Waals surface area contributed by atoms with E-state index in [0.717, 1.165) is 31.4 Å². The van der Waals surface area contributed by atoms with Gasteiger partial charge in [-0.3, -0.25) is 4.90 Å². The van der Waals surface area contributed by atoms with Gasteiger partial charge in [0.1, 0.15) is 0 Å². The van der Waals surface area contributed by atoms with Crippen molar-refractivity contribution in [3.05, 3.63) is 82.9 Å². The second kappa shape index (κ2) is 10.1. The molecule has 0 saturated carbocycles. The van der Waals surface area contributed by atoms with Crippen LogP contribution >= 0.6 is 0 Å². The first-order valence-corrected chi connectivity index (χ1v) is 15.0. The lowest BCUT2D eigenvalue weighted by atomic mass is 9.60. The van der Waals surface area contributed by atoms with Crippen molar-refractivity contribution in [1.29, 1.82) is 0 Å². The predicted molar refractivity (Wildman–Crippen MR) is 150 cm³/mol. The highest BCUT2D eigenvalue weighted by atomic mass is 32.2. The number of sulfonamides is 1. The van der Waals surface area contributed by atoms with Gasteiger partial charge < -0.3 is 5.11 Å². The normalized spacial score (nSPS) is 29.1. The third-order valence-electron chi connectivity index (χ3n) is 9.13. The number of nitrogens with zero attached hydrogens (tertiary/aromatic N) is 2. The smallest absolute Gasteiger partial charge is 0.243 e. The summed E-state index contributed by atoms with van der Waals surface area (Å²) in [6, 6.07) is 13.9. The molecule has 3 aliphatic rings. The first kappa shape index (κ1) is 26.4. The zero-order valence-electron chi connectivity index (χ0n) is 22.5. The van der Waals surface area contributed by atoms with Crippen LogP contribution in [-0.4, -0.2) is 61.1 Å². The number of benzene rings is 2. The Balaban J connectivity index is 1.43.